The van der Waals surface area contributed by atoms with Crippen molar-refractivity contribution in [3.63, 3.8) is 0 Å². The molecule has 2 heterocycles. The number of fused-ring (bicyclic) bond motifs is 1. The Morgan fingerprint density at radius 2 is 2.16 bits per heavy atom. The Morgan fingerprint density at radius 1 is 1.36 bits per heavy atom. The van der Waals surface area contributed by atoms with Crippen LogP contribution in [0.25, 0.3) is 10.2 Å². The van der Waals surface area contributed by atoms with Crippen LogP contribution in [-0.2, 0) is 17.9 Å². The molecule has 25 heavy (non-hydrogen) atoms. The van der Waals surface area contributed by atoms with Gasteiger partial charge in [-0.2, -0.15) is 10.2 Å². The fraction of sp³-hybridized carbons (Fsp3) is 0.250. The van der Waals surface area contributed by atoms with Crippen LogP contribution < -0.4 is 9.61 Å². The van der Waals surface area contributed by atoms with Gasteiger partial charge in [0.2, 0.25) is 0 Å². The van der Waals surface area contributed by atoms with Crippen molar-refractivity contribution in [2.24, 2.45) is 0 Å². The Hall–Kier alpha value is -2.45. The molecule has 0 spiro atoms. The van der Waals surface area contributed by atoms with Gasteiger partial charge >= 0.3 is 10.8 Å². The summed E-state index contributed by atoms with van der Waals surface area (Å²) in [4.78, 5) is 22.6. The van der Waals surface area contributed by atoms with Crippen molar-refractivity contribution < 1.29 is 14.6 Å². The number of thiazole rings is 1. The van der Waals surface area contributed by atoms with E-state index in [0.29, 0.717) is 26.7 Å². The Kier molecular flexibility index (Phi) is 5.00. The third-order valence-corrected chi connectivity index (χ3v) is 4.74. The van der Waals surface area contributed by atoms with Crippen LogP contribution in [0.4, 0.5) is 0 Å². The Balaban J connectivity index is 1.85. The second-order valence-corrected chi connectivity index (χ2v) is 6.77. The van der Waals surface area contributed by atoms with Gasteiger partial charge in [-0.3, -0.25) is 14.2 Å². The smallest absolute Gasteiger partial charge is 0.308 e. The number of carbonyl (C=O) groups is 1. The topological polar surface area (TPSA) is 94.3 Å². The zero-order valence-electron chi connectivity index (χ0n) is 13.2. The summed E-state index contributed by atoms with van der Waals surface area (Å²) in [5, 5.41) is 17.1. The van der Waals surface area contributed by atoms with Crippen molar-refractivity contribution in [1.29, 1.82) is 0 Å². The maximum atomic E-state index is 12.1. The number of ether oxygens (including phenoxy) is 1. The summed E-state index contributed by atoms with van der Waals surface area (Å²) < 4.78 is 7.78. The minimum absolute atomic E-state index is 0.101. The molecule has 2 aromatic heterocycles. The number of carboxylic acids is 1. The maximum absolute atomic E-state index is 12.1. The predicted molar refractivity (Wildman–Crippen MR) is 94.4 cm³/mol. The van der Waals surface area contributed by atoms with E-state index in [9.17, 15) is 9.59 Å². The number of hydrogen-bond donors (Lipinski definition) is 1. The molecule has 0 amide bonds. The van der Waals surface area contributed by atoms with Gasteiger partial charge < -0.3 is 9.84 Å². The van der Waals surface area contributed by atoms with Crippen LogP contribution in [0, 0.1) is 6.92 Å². The zero-order chi connectivity index (χ0) is 18.0. The molecule has 1 N–H and O–H groups in total. The molecule has 0 aliphatic rings. The molecule has 3 rings (SSSR count). The van der Waals surface area contributed by atoms with Gasteiger partial charge in [-0.25, -0.2) is 0 Å². The third-order valence-electron chi connectivity index (χ3n) is 3.50. The molecular formula is C16H14ClN3O4S. The quantitative estimate of drug-likeness (QED) is 0.707. The van der Waals surface area contributed by atoms with Gasteiger partial charge in [-0.15, -0.1) is 0 Å². The van der Waals surface area contributed by atoms with Gasteiger partial charge in [0.15, 0.2) is 0 Å². The van der Waals surface area contributed by atoms with Crippen LogP contribution in [0.15, 0.2) is 29.1 Å². The molecule has 1 aromatic carbocycles. The lowest BCUT2D eigenvalue weighted by Gasteiger charge is -2.08. The van der Waals surface area contributed by atoms with Gasteiger partial charge in [0.1, 0.15) is 18.1 Å². The normalized spacial score (nSPS) is 11.0. The van der Waals surface area contributed by atoms with Crippen molar-refractivity contribution in [3.8, 4) is 5.75 Å². The molecule has 3 aromatic rings. The first-order valence-corrected chi connectivity index (χ1v) is 8.60. The van der Waals surface area contributed by atoms with E-state index >= 15 is 0 Å². The van der Waals surface area contributed by atoms with E-state index in [2.05, 4.69) is 10.2 Å². The highest BCUT2D eigenvalue weighted by atomic mass is 35.5. The number of aryl methyl sites for hydroxylation is 2. The fourth-order valence-electron chi connectivity index (χ4n) is 2.25. The summed E-state index contributed by atoms with van der Waals surface area (Å²) in [5.41, 5.74) is 2.08. The van der Waals surface area contributed by atoms with Gasteiger partial charge in [0.05, 0.1) is 27.4 Å². The molecule has 0 aliphatic carbocycles. The highest BCUT2D eigenvalue weighted by molar-refractivity contribution is 7.16. The number of aromatic nitrogens is 3. The van der Waals surface area contributed by atoms with Crippen molar-refractivity contribution >= 4 is 39.1 Å². The molecule has 0 radical (unpaired) electrons. The van der Waals surface area contributed by atoms with Crippen molar-refractivity contribution in [2.75, 3.05) is 0 Å². The summed E-state index contributed by atoms with van der Waals surface area (Å²) in [6, 6.07) is 6.95. The molecule has 0 aliphatic heterocycles. The maximum Gasteiger partial charge on any atom is 0.308 e. The molecule has 9 heteroatoms. The van der Waals surface area contributed by atoms with Crippen LogP contribution in [0.5, 0.6) is 5.75 Å². The molecule has 0 unspecified atom stereocenters. The first kappa shape index (κ1) is 17.4. The number of nitrogens with zero attached hydrogens (tertiary/aromatic N) is 3. The van der Waals surface area contributed by atoms with E-state index in [4.69, 9.17) is 21.4 Å². The van der Waals surface area contributed by atoms with E-state index in [1.165, 1.54) is 4.57 Å². The third kappa shape index (κ3) is 3.97. The summed E-state index contributed by atoms with van der Waals surface area (Å²) in [6.45, 7) is 2.15. The van der Waals surface area contributed by atoms with Gasteiger partial charge in [-0.05, 0) is 25.1 Å². The Labute approximate surface area is 151 Å². The van der Waals surface area contributed by atoms with Crippen molar-refractivity contribution in [2.45, 2.75) is 26.5 Å². The first-order chi connectivity index (χ1) is 11.9. The second kappa shape index (κ2) is 7.20. The Morgan fingerprint density at radius 3 is 2.84 bits per heavy atom. The number of halogens is 1. The first-order valence-electron chi connectivity index (χ1n) is 7.41. The van der Waals surface area contributed by atoms with Gasteiger partial charge in [0.25, 0.3) is 0 Å². The molecular weight excluding hydrogens is 366 g/mol. The van der Waals surface area contributed by atoms with Crippen LogP contribution >= 0.6 is 22.9 Å². The summed E-state index contributed by atoms with van der Waals surface area (Å²) >= 11 is 7.28. The van der Waals surface area contributed by atoms with E-state index < -0.39 is 5.97 Å². The SMILES string of the molecule is Cc1ccc(COc2cc3sc(=O)n(CCC(=O)O)c3cc2Cl)nn1. The highest BCUT2D eigenvalue weighted by Gasteiger charge is 2.13. The summed E-state index contributed by atoms with van der Waals surface area (Å²) in [6.07, 6.45) is -0.131. The standard InChI is InChI=1S/C16H14ClN3O4S/c1-9-2-3-10(19-18-9)8-24-13-7-14-12(6-11(13)17)20(16(23)25-14)5-4-15(21)22/h2-3,6-7H,4-5,8H2,1H3,(H,21,22). The lowest BCUT2D eigenvalue weighted by Crippen LogP contribution is -2.15. The summed E-state index contributed by atoms with van der Waals surface area (Å²) in [5.74, 6) is -0.528. The molecule has 0 saturated heterocycles. The van der Waals surface area contributed by atoms with E-state index in [1.807, 2.05) is 19.1 Å². The minimum atomic E-state index is -0.962. The van der Waals surface area contributed by atoms with Gasteiger partial charge in [0, 0.05) is 12.6 Å². The number of benzene rings is 1. The largest absolute Gasteiger partial charge is 0.486 e. The number of rotatable bonds is 6. The molecule has 0 bridgehead atoms. The monoisotopic (exact) mass is 379 g/mol. The molecule has 0 atom stereocenters. The predicted octanol–water partition coefficient (Wildman–Crippen LogP) is 2.87. The Bertz CT molecular complexity index is 981. The molecule has 0 saturated carbocycles. The molecule has 130 valence electrons. The van der Waals surface area contributed by atoms with Crippen LogP contribution in [0.2, 0.25) is 5.02 Å². The average Bonchev–Trinajstić information content (AvgIpc) is 2.86. The summed E-state index contributed by atoms with van der Waals surface area (Å²) in [7, 11) is 0. The van der Waals surface area contributed by atoms with Crippen molar-refractivity contribution in [3.05, 3.63) is 50.3 Å². The van der Waals surface area contributed by atoms with Gasteiger partial charge in [-0.1, -0.05) is 22.9 Å². The average molecular weight is 380 g/mol. The number of hydrogen-bond acceptors (Lipinski definition) is 6. The minimum Gasteiger partial charge on any atom is -0.486 e. The zero-order valence-corrected chi connectivity index (χ0v) is 14.8. The van der Waals surface area contributed by atoms with E-state index in [-0.39, 0.29) is 24.4 Å². The van der Waals surface area contributed by atoms with Crippen LogP contribution in [0.3, 0.4) is 0 Å². The second-order valence-electron chi connectivity index (χ2n) is 5.37. The van der Waals surface area contributed by atoms with Crippen molar-refractivity contribution in [1.82, 2.24) is 14.8 Å². The van der Waals surface area contributed by atoms with Crippen LogP contribution in [-0.4, -0.2) is 25.8 Å². The molecule has 7 nitrogen and oxygen atoms in total. The number of carboxylic acid groups (broad SMARTS) is 1. The van der Waals surface area contributed by atoms with E-state index in [1.54, 1.807) is 12.1 Å². The lowest BCUT2D eigenvalue weighted by atomic mass is 10.3. The van der Waals surface area contributed by atoms with Crippen LogP contribution in [0.1, 0.15) is 17.8 Å². The van der Waals surface area contributed by atoms with E-state index in [0.717, 1.165) is 17.0 Å². The number of aliphatic carboxylic acids is 1. The fourth-order valence-corrected chi connectivity index (χ4v) is 3.39. The highest BCUT2D eigenvalue weighted by Crippen LogP contribution is 2.32. The lowest BCUT2D eigenvalue weighted by molar-refractivity contribution is -0.137. The molecule has 0 fully saturated rings.